The van der Waals surface area contributed by atoms with Crippen molar-refractivity contribution in [1.82, 2.24) is 5.32 Å². The van der Waals surface area contributed by atoms with Crippen molar-refractivity contribution in [2.24, 2.45) is 5.92 Å². The molecule has 0 aromatic heterocycles. The summed E-state index contributed by atoms with van der Waals surface area (Å²) in [6, 6.07) is 9.45. The van der Waals surface area contributed by atoms with Crippen molar-refractivity contribution in [3.63, 3.8) is 0 Å². The third-order valence-electron chi connectivity index (χ3n) is 3.02. The summed E-state index contributed by atoms with van der Waals surface area (Å²) >= 11 is 0. The SMILES string of the molecule is Cc1cccc(C(CNC(C)C)C(C)C)c1. The highest BCUT2D eigenvalue weighted by molar-refractivity contribution is 5.26. The highest BCUT2D eigenvalue weighted by Gasteiger charge is 2.15. The Hall–Kier alpha value is -0.820. The third-order valence-corrected chi connectivity index (χ3v) is 3.02. The van der Waals surface area contributed by atoms with Gasteiger partial charge in [0.05, 0.1) is 0 Å². The van der Waals surface area contributed by atoms with Crippen molar-refractivity contribution in [2.45, 2.75) is 46.6 Å². The Morgan fingerprint density at radius 1 is 1.12 bits per heavy atom. The highest BCUT2D eigenvalue weighted by Crippen LogP contribution is 2.24. The summed E-state index contributed by atoms with van der Waals surface area (Å²) in [6.45, 7) is 12.2. The molecule has 1 aromatic rings. The zero-order chi connectivity index (χ0) is 12.1. The van der Waals surface area contributed by atoms with Gasteiger partial charge in [-0.25, -0.2) is 0 Å². The molecule has 1 rings (SSSR count). The molecule has 1 heteroatoms. The van der Waals surface area contributed by atoms with Gasteiger partial charge in [-0.2, -0.15) is 0 Å². The van der Waals surface area contributed by atoms with Crippen LogP contribution < -0.4 is 5.32 Å². The first-order chi connectivity index (χ1) is 7.50. The van der Waals surface area contributed by atoms with E-state index in [1.54, 1.807) is 0 Å². The Morgan fingerprint density at radius 3 is 2.31 bits per heavy atom. The minimum atomic E-state index is 0.561. The predicted molar refractivity (Wildman–Crippen MR) is 71.9 cm³/mol. The summed E-state index contributed by atoms with van der Waals surface area (Å²) < 4.78 is 0. The molecular formula is C15H25N. The summed E-state index contributed by atoms with van der Waals surface area (Å²) in [5, 5.41) is 3.54. The fraction of sp³-hybridized carbons (Fsp3) is 0.600. The zero-order valence-electron chi connectivity index (χ0n) is 11.2. The Bertz CT molecular complexity index is 315. The molecule has 1 nitrogen and oxygen atoms in total. The first-order valence-corrected chi connectivity index (χ1v) is 6.30. The van der Waals surface area contributed by atoms with E-state index >= 15 is 0 Å². The number of rotatable bonds is 5. The van der Waals surface area contributed by atoms with Gasteiger partial charge in [-0.3, -0.25) is 0 Å². The Kier molecular flexibility index (Phi) is 5.01. The molecule has 0 spiro atoms. The molecule has 0 aliphatic rings. The van der Waals surface area contributed by atoms with E-state index in [-0.39, 0.29) is 0 Å². The van der Waals surface area contributed by atoms with Crippen LogP contribution >= 0.6 is 0 Å². The number of nitrogens with one attached hydrogen (secondary N) is 1. The van der Waals surface area contributed by atoms with Crippen LogP contribution in [0.2, 0.25) is 0 Å². The van der Waals surface area contributed by atoms with Crippen LogP contribution in [-0.2, 0) is 0 Å². The molecule has 0 heterocycles. The van der Waals surface area contributed by atoms with Gasteiger partial charge < -0.3 is 5.32 Å². The van der Waals surface area contributed by atoms with Gasteiger partial charge in [0.25, 0.3) is 0 Å². The molecule has 1 aromatic carbocycles. The number of hydrogen-bond donors (Lipinski definition) is 1. The first kappa shape index (κ1) is 13.2. The lowest BCUT2D eigenvalue weighted by atomic mass is 9.87. The van der Waals surface area contributed by atoms with Gasteiger partial charge >= 0.3 is 0 Å². The van der Waals surface area contributed by atoms with Gasteiger partial charge in [0.2, 0.25) is 0 Å². The van der Waals surface area contributed by atoms with Gasteiger partial charge in [0.15, 0.2) is 0 Å². The van der Waals surface area contributed by atoms with Gasteiger partial charge in [-0.05, 0) is 24.3 Å². The molecule has 0 aliphatic heterocycles. The molecule has 0 saturated carbocycles. The molecule has 1 unspecified atom stereocenters. The van der Waals surface area contributed by atoms with Gasteiger partial charge in [-0.1, -0.05) is 57.5 Å². The molecular weight excluding hydrogens is 194 g/mol. The van der Waals surface area contributed by atoms with E-state index in [1.807, 2.05) is 0 Å². The van der Waals surface area contributed by atoms with Crippen molar-refractivity contribution in [1.29, 1.82) is 0 Å². The van der Waals surface area contributed by atoms with Crippen molar-refractivity contribution < 1.29 is 0 Å². The summed E-state index contributed by atoms with van der Waals surface area (Å²) in [6.07, 6.45) is 0. The predicted octanol–water partition coefficient (Wildman–Crippen LogP) is 3.73. The van der Waals surface area contributed by atoms with E-state index in [2.05, 4.69) is 64.2 Å². The number of benzene rings is 1. The van der Waals surface area contributed by atoms with Crippen LogP contribution in [0.3, 0.4) is 0 Å². The van der Waals surface area contributed by atoms with E-state index < -0.39 is 0 Å². The van der Waals surface area contributed by atoms with Crippen LogP contribution in [-0.4, -0.2) is 12.6 Å². The van der Waals surface area contributed by atoms with Crippen LogP contribution in [0.1, 0.15) is 44.7 Å². The van der Waals surface area contributed by atoms with Crippen molar-refractivity contribution in [3.8, 4) is 0 Å². The highest BCUT2D eigenvalue weighted by atomic mass is 14.9. The van der Waals surface area contributed by atoms with Crippen LogP contribution in [0.5, 0.6) is 0 Å². The second-order valence-electron chi connectivity index (χ2n) is 5.33. The lowest BCUT2D eigenvalue weighted by Gasteiger charge is -2.23. The number of hydrogen-bond acceptors (Lipinski definition) is 1. The summed E-state index contributed by atoms with van der Waals surface area (Å²) in [5.41, 5.74) is 2.82. The Balaban J connectivity index is 2.77. The van der Waals surface area contributed by atoms with Crippen LogP contribution in [0.15, 0.2) is 24.3 Å². The summed E-state index contributed by atoms with van der Waals surface area (Å²) in [4.78, 5) is 0. The van der Waals surface area contributed by atoms with Crippen LogP contribution in [0.25, 0.3) is 0 Å². The van der Waals surface area contributed by atoms with Gasteiger partial charge in [0.1, 0.15) is 0 Å². The normalized spacial score (nSPS) is 13.4. The fourth-order valence-electron chi connectivity index (χ4n) is 2.00. The molecule has 0 saturated heterocycles. The second-order valence-corrected chi connectivity index (χ2v) is 5.33. The quantitative estimate of drug-likeness (QED) is 0.795. The lowest BCUT2D eigenvalue weighted by Crippen LogP contribution is -2.30. The van der Waals surface area contributed by atoms with Crippen molar-refractivity contribution in [3.05, 3.63) is 35.4 Å². The van der Waals surface area contributed by atoms with Gasteiger partial charge in [0, 0.05) is 12.6 Å². The molecule has 0 amide bonds. The standard InChI is InChI=1S/C15H25N/c1-11(2)15(10-16-12(3)4)14-8-6-7-13(5)9-14/h6-9,11-12,15-16H,10H2,1-5H3. The molecule has 0 fully saturated rings. The zero-order valence-corrected chi connectivity index (χ0v) is 11.2. The fourth-order valence-corrected chi connectivity index (χ4v) is 2.00. The molecule has 1 atom stereocenters. The molecule has 0 radical (unpaired) electrons. The molecule has 0 aliphatic carbocycles. The lowest BCUT2D eigenvalue weighted by molar-refractivity contribution is 0.441. The minimum Gasteiger partial charge on any atom is -0.314 e. The van der Waals surface area contributed by atoms with Crippen molar-refractivity contribution in [2.75, 3.05) is 6.54 Å². The Labute approximate surface area is 100 Å². The van der Waals surface area contributed by atoms with Gasteiger partial charge in [-0.15, -0.1) is 0 Å². The van der Waals surface area contributed by atoms with Crippen LogP contribution in [0.4, 0.5) is 0 Å². The smallest absolute Gasteiger partial charge is 0.00249 e. The van der Waals surface area contributed by atoms with E-state index in [4.69, 9.17) is 0 Å². The maximum Gasteiger partial charge on any atom is 0.00249 e. The van der Waals surface area contributed by atoms with E-state index in [1.165, 1.54) is 11.1 Å². The molecule has 0 bridgehead atoms. The third kappa shape index (κ3) is 3.97. The first-order valence-electron chi connectivity index (χ1n) is 6.30. The topological polar surface area (TPSA) is 12.0 Å². The monoisotopic (exact) mass is 219 g/mol. The maximum absolute atomic E-state index is 3.54. The Morgan fingerprint density at radius 2 is 1.81 bits per heavy atom. The van der Waals surface area contributed by atoms with Crippen LogP contribution in [0, 0.1) is 12.8 Å². The molecule has 16 heavy (non-hydrogen) atoms. The summed E-state index contributed by atoms with van der Waals surface area (Å²) in [5.74, 6) is 1.29. The molecule has 90 valence electrons. The average Bonchev–Trinajstić information content (AvgIpc) is 2.17. The average molecular weight is 219 g/mol. The summed E-state index contributed by atoms with van der Waals surface area (Å²) in [7, 11) is 0. The largest absolute Gasteiger partial charge is 0.314 e. The van der Waals surface area contributed by atoms with E-state index in [0.29, 0.717) is 17.9 Å². The van der Waals surface area contributed by atoms with E-state index in [0.717, 1.165) is 6.54 Å². The van der Waals surface area contributed by atoms with Crippen molar-refractivity contribution >= 4 is 0 Å². The minimum absolute atomic E-state index is 0.561. The maximum atomic E-state index is 3.54. The molecule has 1 N–H and O–H groups in total. The number of aryl methyl sites for hydroxylation is 1. The second kappa shape index (κ2) is 6.05. The van der Waals surface area contributed by atoms with E-state index in [9.17, 15) is 0 Å².